The standard InChI is InChI=1S/C25H31NO4/c1-5-29-24-17-20(8-10-22(24)28-4)9-11-25(27)26-14-12-21(13-15-26)30-23-16-18(2)6-7-19(23)3/h6-11,16-17,21H,5,12-15H2,1-4H3. The van der Waals surface area contributed by atoms with Crippen LogP contribution in [0.1, 0.15) is 36.5 Å². The molecule has 0 saturated carbocycles. The smallest absolute Gasteiger partial charge is 0.246 e. The van der Waals surface area contributed by atoms with Crippen molar-refractivity contribution in [2.24, 2.45) is 0 Å². The van der Waals surface area contributed by atoms with Gasteiger partial charge in [-0.05, 0) is 61.7 Å². The van der Waals surface area contributed by atoms with E-state index >= 15 is 0 Å². The molecule has 0 N–H and O–H groups in total. The highest BCUT2D eigenvalue weighted by Gasteiger charge is 2.23. The van der Waals surface area contributed by atoms with Crippen molar-refractivity contribution in [3.05, 3.63) is 59.2 Å². The molecular formula is C25H31NO4. The quantitative estimate of drug-likeness (QED) is 0.617. The minimum atomic E-state index is 0.0222. The van der Waals surface area contributed by atoms with Gasteiger partial charge < -0.3 is 19.1 Å². The van der Waals surface area contributed by atoms with Crippen molar-refractivity contribution < 1.29 is 19.0 Å². The second kappa shape index (κ2) is 10.2. The van der Waals surface area contributed by atoms with E-state index in [1.54, 1.807) is 13.2 Å². The fourth-order valence-corrected chi connectivity index (χ4v) is 3.55. The van der Waals surface area contributed by atoms with Gasteiger partial charge in [0.2, 0.25) is 5.91 Å². The summed E-state index contributed by atoms with van der Waals surface area (Å²) < 4.78 is 17.1. The second-order valence-corrected chi connectivity index (χ2v) is 7.59. The Morgan fingerprint density at radius 3 is 2.53 bits per heavy atom. The Labute approximate surface area is 179 Å². The molecule has 2 aromatic carbocycles. The van der Waals surface area contributed by atoms with Crippen LogP contribution < -0.4 is 14.2 Å². The zero-order valence-electron chi connectivity index (χ0n) is 18.3. The summed E-state index contributed by atoms with van der Waals surface area (Å²) in [6, 6.07) is 11.9. The maximum Gasteiger partial charge on any atom is 0.246 e. The molecule has 3 rings (SSSR count). The third kappa shape index (κ3) is 5.56. The largest absolute Gasteiger partial charge is 0.493 e. The summed E-state index contributed by atoms with van der Waals surface area (Å²) in [6.07, 6.45) is 5.27. The zero-order chi connectivity index (χ0) is 21.5. The summed E-state index contributed by atoms with van der Waals surface area (Å²) in [7, 11) is 1.62. The highest BCUT2D eigenvalue weighted by atomic mass is 16.5. The Morgan fingerprint density at radius 2 is 1.83 bits per heavy atom. The number of carbonyl (C=O) groups excluding carboxylic acids is 1. The number of aryl methyl sites for hydroxylation is 2. The molecule has 0 aliphatic carbocycles. The number of methoxy groups -OCH3 is 1. The summed E-state index contributed by atoms with van der Waals surface area (Å²) in [5.41, 5.74) is 3.24. The molecule has 0 spiro atoms. The van der Waals surface area contributed by atoms with Gasteiger partial charge in [-0.1, -0.05) is 18.2 Å². The van der Waals surface area contributed by atoms with Crippen molar-refractivity contribution in [1.82, 2.24) is 4.90 Å². The van der Waals surface area contributed by atoms with Crippen LogP contribution in [0.2, 0.25) is 0 Å². The van der Waals surface area contributed by atoms with Crippen LogP contribution >= 0.6 is 0 Å². The lowest BCUT2D eigenvalue weighted by Gasteiger charge is -2.32. The van der Waals surface area contributed by atoms with Crippen LogP contribution in [0.25, 0.3) is 6.08 Å². The predicted octanol–water partition coefficient (Wildman–Crippen LogP) is 4.79. The highest BCUT2D eigenvalue weighted by Crippen LogP contribution is 2.28. The lowest BCUT2D eigenvalue weighted by molar-refractivity contribution is -0.127. The lowest BCUT2D eigenvalue weighted by atomic mass is 10.1. The van der Waals surface area contributed by atoms with E-state index in [2.05, 4.69) is 32.0 Å². The number of likely N-dealkylation sites (tertiary alicyclic amines) is 1. The van der Waals surface area contributed by atoms with E-state index in [1.165, 1.54) is 5.56 Å². The third-order valence-electron chi connectivity index (χ3n) is 5.30. The van der Waals surface area contributed by atoms with Gasteiger partial charge in [-0.2, -0.15) is 0 Å². The number of hydrogen-bond donors (Lipinski definition) is 0. The molecule has 0 aromatic heterocycles. The van der Waals surface area contributed by atoms with Gasteiger partial charge in [0, 0.05) is 32.0 Å². The number of ether oxygens (including phenoxy) is 3. The summed E-state index contributed by atoms with van der Waals surface area (Å²) in [4.78, 5) is 14.5. The molecule has 30 heavy (non-hydrogen) atoms. The number of amides is 1. The zero-order valence-corrected chi connectivity index (χ0v) is 18.3. The minimum Gasteiger partial charge on any atom is -0.493 e. The topological polar surface area (TPSA) is 48.0 Å². The van der Waals surface area contributed by atoms with E-state index < -0.39 is 0 Å². The average Bonchev–Trinajstić information content (AvgIpc) is 2.75. The maximum atomic E-state index is 12.6. The van der Waals surface area contributed by atoms with Gasteiger partial charge in [0.05, 0.1) is 13.7 Å². The van der Waals surface area contributed by atoms with E-state index in [0.717, 1.165) is 29.7 Å². The molecule has 2 aromatic rings. The van der Waals surface area contributed by atoms with Gasteiger partial charge in [0.1, 0.15) is 11.9 Å². The van der Waals surface area contributed by atoms with Crippen LogP contribution in [0.4, 0.5) is 0 Å². The molecule has 1 aliphatic rings. The van der Waals surface area contributed by atoms with Gasteiger partial charge in [0.15, 0.2) is 11.5 Å². The SMILES string of the molecule is CCOc1cc(C=CC(=O)N2CCC(Oc3cc(C)ccc3C)CC2)ccc1OC. The van der Waals surface area contributed by atoms with Crippen molar-refractivity contribution in [2.45, 2.75) is 39.7 Å². The maximum absolute atomic E-state index is 12.6. The number of piperidine rings is 1. The van der Waals surface area contributed by atoms with Crippen LogP contribution in [-0.4, -0.2) is 43.7 Å². The summed E-state index contributed by atoms with van der Waals surface area (Å²) >= 11 is 0. The number of rotatable bonds is 7. The molecule has 1 heterocycles. The first-order valence-electron chi connectivity index (χ1n) is 10.5. The number of carbonyl (C=O) groups is 1. The van der Waals surface area contributed by atoms with Crippen molar-refractivity contribution >= 4 is 12.0 Å². The molecule has 5 heteroatoms. The number of benzene rings is 2. The molecule has 160 valence electrons. The average molecular weight is 410 g/mol. The van der Waals surface area contributed by atoms with Gasteiger partial charge in [0.25, 0.3) is 0 Å². The van der Waals surface area contributed by atoms with E-state index in [9.17, 15) is 4.79 Å². The Morgan fingerprint density at radius 1 is 1.07 bits per heavy atom. The van der Waals surface area contributed by atoms with Crippen LogP contribution in [0.5, 0.6) is 17.2 Å². The first-order chi connectivity index (χ1) is 14.5. The van der Waals surface area contributed by atoms with Crippen molar-refractivity contribution in [3.63, 3.8) is 0 Å². The van der Waals surface area contributed by atoms with Crippen molar-refractivity contribution in [1.29, 1.82) is 0 Å². The van der Waals surface area contributed by atoms with Gasteiger partial charge in [-0.3, -0.25) is 4.79 Å². The number of nitrogens with zero attached hydrogens (tertiary/aromatic N) is 1. The first kappa shape index (κ1) is 21.8. The molecule has 1 fully saturated rings. The third-order valence-corrected chi connectivity index (χ3v) is 5.30. The molecular weight excluding hydrogens is 378 g/mol. The Kier molecular flexibility index (Phi) is 7.39. The molecule has 1 aliphatic heterocycles. The molecule has 0 atom stereocenters. The Balaban J connectivity index is 1.55. The monoisotopic (exact) mass is 409 g/mol. The summed E-state index contributed by atoms with van der Waals surface area (Å²) in [5, 5.41) is 0. The first-order valence-corrected chi connectivity index (χ1v) is 10.5. The van der Waals surface area contributed by atoms with E-state index in [-0.39, 0.29) is 12.0 Å². The van der Waals surface area contributed by atoms with E-state index in [4.69, 9.17) is 14.2 Å². The molecule has 0 unspecified atom stereocenters. The molecule has 1 saturated heterocycles. The normalized spacial score (nSPS) is 14.7. The summed E-state index contributed by atoms with van der Waals surface area (Å²) in [6.45, 7) is 8.02. The van der Waals surface area contributed by atoms with Gasteiger partial charge >= 0.3 is 0 Å². The van der Waals surface area contributed by atoms with E-state index in [1.807, 2.05) is 36.1 Å². The minimum absolute atomic E-state index is 0.0222. The summed E-state index contributed by atoms with van der Waals surface area (Å²) in [5.74, 6) is 2.34. The molecule has 0 bridgehead atoms. The fraction of sp³-hybridized carbons (Fsp3) is 0.400. The van der Waals surface area contributed by atoms with Crippen LogP contribution in [0.3, 0.4) is 0 Å². The number of hydrogen-bond acceptors (Lipinski definition) is 4. The molecule has 5 nitrogen and oxygen atoms in total. The predicted molar refractivity (Wildman–Crippen MR) is 119 cm³/mol. The Bertz CT molecular complexity index is 898. The van der Waals surface area contributed by atoms with Crippen molar-refractivity contribution in [3.8, 4) is 17.2 Å². The fourth-order valence-electron chi connectivity index (χ4n) is 3.55. The van der Waals surface area contributed by atoms with Crippen LogP contribution in [0, 0.1) is 13.8 Å². The van der Waals surface area contributed by atoms with Crippen LogP contribution in [0.15, 0.2) is 42.5 Å². The molecule has 0 radical (unpaired) electrons. The van der Waals surface area contributed by atoms with Gasteiger partial charge in [-0.15, -0.1) is 0 Å². The van der Waals surface area contributed by atoms with E-state index in [0.29, 0.717) is 31.2 Å². The highest BCUT2D eigenvalue weighted by molar-refractivity contribution is 5.92. The second-order valence-electron chi connectivity index (χ2n) is 7.59. The molecule has 1 amide bonds. The van der Waals surface area contributed by atoms with Gasteiger partial charge in [-0.25, -0.2) is 0 Å². The Hall–Kier alpha value is -2.95. The van der Waals surface area contributed by atoms with Crippen LogP contribution in [-0.2, 0) is 4.79 Å². The lowest BCUT2D eigenvalue weighted by Crippen LogP contribution is -2.41. The van der Waals surface area contributed by atoms with Crippen molar-refractivity contribution in [2.75, 3.05) is 26.8 Å².